The second-order valence-corrected chi connectivity index (χ2v) is 6.30. The lowest BCUT2D eigenvalue weighted by Crippen LogP contribution is -2.83. The third-order valence-electron chi connectivity index (χ3n) is 4.99. The first-order chi connectivity index (χ1) is 12.8. The average Bonchev–Trinajstić information content (AvgIpc) is 3.11. The zero-order chi connectivity index (χ0) is 18.1. The van der Waals surface area contributed by atoms with Crippen LogP contribution in [0.4, 0.5) is 0 Å². The number of nitrogens with zero attached hydrogens (tertiary/aromatic N) is 1. The number of nitrogens with two attached hydrogens (primary N) is 1. The summed E-state index contributed by atoms with van der Waals surface area (Å²) in [6.45, 7) is 0.889. The minimum atomic E-state index is 0.0900. The highest BCUT2D eigenvalue weighted by atomic mass is 16.5. The van der Waals surface area contributed by atoms with E-state index in [9.17, 15) is 0 Å². The van der Waals surface area contributed by atoms with Crippen LogP contribution in [-0.2, 0) is 6.54 Å². The Morgan fingerprint density at radius 3 is 2.38 bits per heavy atom. The van der Waals surface area contributed by atoms with Gasteiger partial charge in [0.05, 0.1) is 38.3 Å². The molecule has 0 radical (unpaired) electrons. The lowest BCUT2D eigenvalue weighted by molar-refractivity contribution is -0.702. The van der Waals surface area contributed by atoms with Gasteiger partial charge in [-0.25, -0.2) is 0 Å². The molecular formula is C21H23N2O3+. The van der Waals surface area contributed by atoms with Crippen LogP contribution in [0.25, 0.3) is 5.69 Å². The van der Waals surface area contributed by atoms with E-state index >= 15 is 0 Å². The molecule has 0 saturated heterocycles. The topological polar surface area (TPSA) is 49.2 Å². The van der Waals surface area contributed by atoms with Crippen LogP contribution in [0.5, 0.6) is 17.2 Å². The Bertz CT molecular complexity index is 933. The van der Waals surface area contributed by atoms with Crippen molar-refractivity contribution in [1.29, 1.82) is 0 Å². The molecule has 3 aromatic rings. The van der Waals surface area contributed by atoms with Gasteiger partial charge < -0.3 is 24.1 Å². The predicted molar refractivity (Wildman–Crippen MR) is 99.3 cm³/mol. The summed E-state index contributed by atoms with van der Waals surface area (Å²) in [6.07, 6.45) is 2.12. The molecule has 0 amide bonds. The van der Waals surface area contributed by atoms with E-state index in [1.54, 1.807) is 21.3 Å². The molecule has 0 unspecified atom stereocenters. The van der Waals surface area contributed by atoms with Gasteiger partial charge in [-0.1, -0.05) is 18.2 Å². The van der Waals surface area contributed by atoms with Gasteiger partial charge in [0, 0.05) is 17.8 Å². The summed E-state index contributed by atoms with van der Waals surface area (Å²) in [7, 11) is 4.98. The van der Waals surface area contributed by atoms with E-state index in [2.05, 4.69) is 52.5 Å². The summed E-state index contributed by atoms with van der Waals surface area (Å²) in [5.41, 5.74) is 4.82. The second kappa shape index (κ2) is 6.77. The molecule has 4 rings (SSSR count). The molecule has 0 bridgehead atoms. The van der Waals surface area contributed by atoms with Crippen molar-refractivity contribution in [1.82, 2.24) is 4.57 Å². The fourth-order valence-electron chi connectivity index (χ4n) is 3.73. The Labute approximate surface area is 153 Å². The van der Waals surface area contributed by atoms with Gasteiger partial charge in [0.15, 0.2) is 17.5 Å². The summed E-state index contributed by atoms with van der Waals surface area (Å²) in [5.74, 6) is 2.17. The van der Waals surface area contributed by atoms with E-state index in [0.717, 1.165) is 17.9 Å². The van der Waals surface area contributed by atoms with Gasteiger partial charge in [-0.15, -0.1) is 0 Å². The van der Waals surface area contributed by atoms with Gasteiger partial charge in [-0.2, -0.15) is 0 Å². The summed E-state index contributed by atoms with van der Waals surface area (Å²) in [4.78, 5) is 0. The standard InChI is InChI=1S/C21H22N2O3/c1-24-18-12-20(26-3)19(25-2)11-15(18)21-17-9-6-10-23(17)16-8-5-4-7-14(16)13-22-21/h4-12,21-22H,13H2,1-3H3/p+1/t21-/m0/s1. The highest BCUT2D eigenvalue weighted by molar-refractivity contribution is 5.54. The van der Waals surface area contributed by atoms with Crippen molar-refractivity contribution >= 4 is 0 Å². The van der Waals surface area contributed by atoms with E-state index in [-0.39, 0.29) is 6.04 Å². The number of aromatic nitrogens is 1. The lowest BCUT2D eigenvalue weighted by atomic mass is 10.0. The predicted octanol–water partition coefficient (Wildman–Crippen LogP) is 2.67. The van der Waals surface area contributed by atoms with Crippen LogP contribution >= 0.6 is 0 Å². The summed E-state index contributed by atoms with van der Waals surface area (Å²) >= 11 is 0. The minimum absolute atomic E-state index is 0.0900. The van der Waals surface area contributed by atoms with Gasteiger partial charge in [-0.3, -0.25) is 0 Å². The maximum Gasteiger partial charge on any atom is 0.164 e. The monoisotopic (exact) mass is 351 g/mol. The molecule has 2 N–H and O–H groups in total. The highest BCUT2D eigenvalue weighted by Crippen LogP contribution is 2.39. The van der Waals surface area contributed by atoms with Crippen molar-refractivity contribution < 1.29 is 19.5 Å². The quantitative estimate of drug-likeness (QED) is 0.786. The third kappa shape index (κ3) is 2.61. The van der Waals surface area contributed by atoms with E-state index in [1.807, 2.05) is 12.1 Å². The SMILES string of the molecule is COc1cc(OC)c([C@@H]2[NH2+]Cc3ccccc3-n3cccc32)cc1OC. The van der Waals surface area contributed by atoms with Crippen LogP contribution in [0.3, 0.4) is 0 Å². The molecule has 1 aliphatic heterocycles. The number of methoxy groups -OCH3 is 3. The fourth-order valence-corrected chi connectivity index (χ4v) is 3.73. The first-order valence-electron chi connectivity index (χ1n) is 8.65. The normalized spacial score (nSPS) is 15.6. The molecule has 2 heterocycles. The molecule has 134 valence electrons. The molecule has 1 aliphatic rings. The van der Waals surface area contributed by atoms with Gasteiger partial charge in [0.1, 0.15) is 12.3 Å². The van der Waals surface area contributed by atoms with Crippen molar-refractivity contribution in [2.45, 2.75) is 12.6 Å². The molecule has 1 atom stereocenters. The average molecular weight is 351 g/mol. The lowest BCUT2D eigenvalue weighted by Gasteiger charge is -2.20. The second-order valence-electron chi connectivity index (χ2n) is 6.30. The Morgan fingerprint density at radius 1 is 0.885 bits per heavy atom. The molecule has 5 nitrogen and oxygen atoms in total. The number of rotatable bonds is 4. The maximum atomic E-state index is 5.69. The molecular weight excluding hydrogens is 328 g/mol. The van der Waals surface area contributed by atoms with Crippen molar-refractivity contribution in [3.63, 3.8) is 0 Å². The number of ether oxygens (including phenoxy) is 3. The molecule has 0 saturated carbocycles. The van der Waals surface area contributed by atoms with E-state index < -0.39 is 0 Å². The largest absolute Gasteiger partial charge is 0.496 e. The van der Waals surface area contributed by atoms with Crippen LogP contribution < -0.4 is 19.5 Å². The molecule has 5 heteroatoms. The highest BCUT2D eigenvalue weighted by Gasteiger charge is 2.29. The number of hydrogen-bond donors (Lipinski definition) is 1. The van der Waals surface area contributed by atoms with E-state index in [4.69, 9.17) is 14.2 Å². The van der Waals surface area contributed by atoms with Crippen LogP contribution in [0, 0.1) is 0 Å². The summed E-state index contributed by atoms with van der Waals surface area (Å²) < 4.78 is 18.9. The Kier molecular flexibility index (Phi) is 4.31. The Hall–Kier alpha value is -2.92. The smallest absolute Gasteiger partial charge is 0.164 e. The van der Waals surface area contributed by atoms with Crippen molar-refractivity contribution in [3.8, 4) is 22.9 Å². The molecule has 2 aromatic carbocycles. The Balaban J connectivity index is 1.88. The van der Waals surface area contributed by atoms with Gasteiger partial charge in [-0.05, 0) is 24.3 Å². The van der Waals surface area contributed by atoms with Crippen molar-refractivity contribution in [3.05, 3.63) is 71.5 Å². The Morgan fingerprint density at radius 2 is 1.62 bits per heavy atom. The maximum absolute atomic E-state index is 5.69. The van der Waals surface area contributed by atoms with Crippen LogP contribution in [0.1, 0.15) is 22.9 Å². The van der Waals surface area contributed by atoms with Gasteiger partial charge in [0.25, 0.3) is 0 Å². The van der Waals surface area contributed by atoms with Crippen LogP contribution in [0.2, 0.25) is 0 Å². The van der Waals surface area contributed by atoms with E-state index in [0.29, 0.717) is 11.5 Å². The number of benzene rings is 2. The zero-order valence-corrected chi connectivity index (χ0v) is 15.2. The van der Waals surface area contributed by atoms with Gasteiger partial charge in [0.2, 0.25) is 0 Å². The number of para-hydroxylation sites is 1. The van der Waals surface area contributed by atoms with Crippen LogP contribution in [0.15, 0.2) is 54.7 Å². The first kappa shape index (κ1) is 16.5. The summed E-state index contributed by atoms with van der Waals surface area (Å²) in [5, 5.41) is 2.33. The number of fused-ring (bicyclic) bond motifs is 3. The first-order valence-corrected chi connectivity index (χ1v) is 8.65. The third-order valence-corrected chi connectivity index (χ3v) is 4.99. The van der Waals surface area contributed by atoms with Crippen LogP contribution in [-0.4, -0.2) is 25.9 Å². The molecule has 26 heavy (non-hydrogen) atoms. The van der Waals surface area contributed by atoms with Gasteiger partial charge >= 0.3 is 0 Å². The molecule has 0 fully saturated rings. The minimum Gasteiger partial charge on any atom is -0.496 e. The zero-order valence-electron chi connectivity index (χ0n) is 15.2. The fraction of sp³-hybridized carbons (Fsp3) is 0.238. The molecule has 0 spiro atoms. The molecule has 0 aliphatic carbocycles. The number of quaternary nitrogens is 1. The molecule has 1 aromatic heterocycles. The van der Waals surface area contributed by atoms with Crippen molar-refractivity contribution in [2.75, 3.05) is 21.3 Å². The number of hydrogen-bond acceptors (Lipinski definition) is 3. The van der Waals surface area contributed by atoms with Crippen molar-refractivity contribution in [2.24, 2.45) is 0 Å². The van der Waals surface area contributed by atoms with E-state index in [1.165, 1.54) is 16.9 Å². The summed E-state index contributed by atoms with van der Waals surface area (Å²) in [6, 6.07) is 16.8.